The van der Waals surface area contributed by atoms with Gasteiger partial charge >= 0.3 is 6.18 Å². The highest BCUT2D eigenvalue weighted by Crippen LogP contribution is 2.29. The number of hydrogen-bond donors (Lipinski definition) is 2. The van der Waals surface area contributed by atoms with Gasteiger partial charge in [0.05, 0.1) is 18.2 Å². The Balaban J connectivity index is 1.93. The molecule has 1 atom stereocenters. The van der Waals surface area contributed by atoms with Crippen LogP contribution in [0.4, 0.5) is 13.2 Å². The number of aliphatic hydroxyl groups excluding tert-OH is 1. The largest absolute Gasteiger partial charge is 0.416 e. The van der Waals surface area contributed by atoms with Crippen molar-refractivity contribution in [2.45, 2.75) is 18.6 Å². The number of halogens is 3. The monoisotopic (exact) mass is 310 g/mol. The first kappa shape index (κ1) is 16.5. The Morgan fingerprint density at radius 3 is 2.41 bits per heavy atom. The molecule has 118 valence electrons. The summed E-state index contributed by atoms with van der Waals surface area (Å²) in [5.74, 6) is 0. The van der Waals surface area contributed by atoms with E-state index in [4.69, 9.17) is 0 Å². The molecule has 0 amide bonds. The van der Waals surface area contributed by atoms with E-state index < -0.39 is 11.7 Å². The average molecular weight is 310 g/mol. The topological polar surface area (TPSA) is 45.1 Å². The summed E-state index contributed by atoms with van der Waals surface area (Å²) in [4.78, 5) is 4.01. The van der Waals surface area contributed by atoms with E-state index in [-0.39, 0.29) is 12.6 Å². The SMILES string of the molecule is OCC(NCCc1cccnc1)c1ccc(C(F)(F)F)cc1. The summed E-state index contributed by atoms with van der Waals surface area (Å²) < 4.78 is 37.6. The Bertz CT molecular complexity index is 570. The zero-order valence-corrected chi connectivity index (χ0v) is 11.8. The molecule has 1 aromatic carbocycles. The van der Waals surface area contributed by atoms with Crippen molar-refractivity contribution in [2.75, 3.05) is 13.2 Å². The molecule has 0 aliphatic rings. The molecular formula is C16H17F3N2O. The molecular weight excluding hydrogens is 293 g/mol. The molecule has 3 nitrogen and oxygen atoms in total. The smallest absolute Gasteiger partial charge is 0.394 e. The van der Waals surface area contributed by atoms with Gasteiger partial charge in [-0.15, -0.1) is 0 Å². The van der Waals surface area contributed by atoms with Crippen LogP contribution < -0.4 is 5.32 Å². The zero-order chi connectivity index (χ0) is 16.0. The molecule has 1 aromatic heterocycles. The maximum Gasteiger partial charge on any atom is 0.416 e. The van der Waals surface area contributed by atoms with Crippen molar-refractivity contribution in [3.63, 3.8) is 0 Å². The molecule has 0 bridgehead atoms. The second-order valence-electron chi connectivity index (χ2n) is 4.92. The number of pyridine rings is 1. The standard InChI is InChI=1S/C16H17F3N2O/c17-16(18,19)14-5-3-13(4-6-14)15(11-22)21-9-7-12-2-1-8-20-10-12/h1-6,8,10,15,21-22H,7,9,11H2. The lowest BCUT2D eigenvalue weighted by Crippen LogP contribution is -2.26. The van der Waals surface area contributed by atoms with Gasteiger partial charge in [0.2, 0.25) is 0 Å². The van der Waals surface area contributed by atoms with E-state index in [1.165, 1.54) is 12.1 Å². The first-order valence-electron chi connectivity index (χ1n) is 6.91. The van der Waals surface area contributed by atoms with Crippen LogP contribution in [0.3, 0.4) is 0 Å². The predicted octanol–water partition coefficient (Wildman–Crippen LogP) is 2.97. The van der Waals surface area contributed by atoms with Crippen LogP contribution in [-0.2, 0) is 12.6 Å². The highest BCUT2D eigenvalue weighted by molar-refractivity contribution is 5.27. The maximum absolute atomic E-state index is 12.5. The van der Waals surface area contributed by atoms with E-state index in [9.17, 15) is 18.3 Å². The Morgan fingerprint density at radius 1 is 1.14 bits per heavy atom. The molecule has 0 fully saturated rings. The van der Waals surface area contributed by atoms with Crippen LogP contribution >= 0.6 is 0 Å². The lowest BCUT2D eigenvalue weighted by atomic mass is 10.0. The van der Waals surface area contributed by atoms with Gasteiger partial charge in [-0.3, -0.25) is 4.98 Å². The fourth-order valence-corrected chi connectivity index (χ4v) is 2.13. The van der Waals surface area contributed by atoms with Crippen LogP contribution in [-0.4, -0.2) is 23.2 Å². The highest BCUT2D eigenvalue weighted by Gasteiger charge is 2.30. The summed E-state index contributed by atoms with van der Waals surface area (Å²) in [5, 5.41) is 12.5. The maximum atomic E-state index is 12.5. The molecule has 2 N–H and O–H groups in total. The van der Waals surface area contributed by atoms with Crippen molar-refractivity contribution >= 4 is 0 Å². The zero-order valence-electron chi connectivity index (χ0n) is 11.8. The number of hydrogen-bond acceptors (Lipinski definition) is 3. The molecule has 6 heteroatoms. The Kier molecular flexibility index (Phi) is 5.51. The summed E-state index contributed by atoms with van der Waals surface area (Å²) in [7, 11) is 0. The highest BCUT2D eigenvalue weighted by atomic mass is 19.4. The van der Waals surface area contributed by atoms with Crippen molar-refractivity contribution < 1.29 is 18.3 Å². The first-order chi connectivity index (χ1) is 10.5. The minimum Gasteiger partial charge on any atom is -0.394 e. The molecule has 1 heterocycles. The van der Waals surface area contributed by atoms with Gasteiger partial charge in [-0.05, 0) is 42.3 Å². The summed E-state index contributed by atoms with van der Waals surface area (Å²) in [6, 6.07) is 8.23. The van der Waals surface area contributed by atoms with E-state index >= 15 is 0 Å². The number of nitrogens with one attached hydrogen (secondary N) is 1. The fraction of sp³-hybridized carbons (Fsp3) is 0.312. The summed E-state index contributed by atoms with van der Waals surface area (Å²) >= 11 is 0. The predicted molar refractivity (Wildman–Crippen MR) is 77.2 cm³/mol. The van der Waals surface area contributed by atoms with Gasteiger partial charge in [-0.25, -0.2) is 0 Å². The molecule has 0 spiro atoms. The molecule has 1 unspecified atom stereocenters. The fourth-order valence-electron chi connectivity index (χ4n) is 2.13. The van der Waals surface area contributed by atoms with Crippen LogP contribution in [0.25, 0.3) is 0 Å². The van der Waals surface area contributed by atoms with E-state index in [2.05, 4.69) is 10.3 Å². The Labute approximate surface area is 126 Å². The first-order valence-corrected chi connectivity index (χ1v) is 6.91. The van der Waals surface area contributed by atoms with Gasteiger partial charge in [0.15, 0.2) is 0 Å². The quantitative estimate of drug-likeness (QED) is 0.862. The van der Waals surface area contributed by atoms with E-state index in [0.717, 1.165) is 24.1 Å². The molecule has 0 aliphatic carbocycles. The van der Waals surface area contributed by atoms with Gasteiger partial charge in [-0.2, -0.15) is 13.2 Å². The van der Waals surface area contributed by atoms with Gasteiger partial charge in [-0.1, -0.05) is 18.2 Å². The normalized spacial score (nSPS) is 13.1. The van der Waals surface area contributed by atoms with Crippen LogP contribution in [0, 0.1) is 0 Å². The van der Waals surface area contributed by atoms with Crippen LogP contribution in [0.1, 0.15) is 22.7 Å². The van der Waals surface area contributed by atoms with E-state index in [1.807, 2.05) is 12.1 Å². The number of alkyl halides is 3. The molecule has 0 saturated carbocycles. The molecule has 0 saturated heterocycles. The van der Waals surface area contributed by atoms with Gasteiger partial charge < -0.3 is 10.4 Å². The minimum atomic E-state index is -4.35. The van der Waals surface area contributed by atoms with Crippen molar-refractivity contribution in [3.05, 3.63) is 65.5 Å². The van der Waals surface area contributed by atoms with Crippen molar-refractivity contribution in [1.82, 2.24) is 10.3 Å². The number of aliphatic hydroxyl groups is 1. The molecule has 2 rings (SSSR count). The Morgan fingerprint density at radius 2 is 1.86 bits per heavy atom. The third kappa shape index (κ3) is 4.54. The van der Waals surface area contributed by atoms with Crippen LogP contribution in [0.5, 0.6) is 0 Å². The lowest BCUT2D eigenvalue weighted by molar-refractivity contribution is -0.137. The van der Waals surface area contributed by atoms with Gasteiger partial charge in [0, 0.05) is 12.4 Å². The molecule has 22 heavy (non-hydrogen) atoms. The third-order valence-electron chi connectivity index (χ3n) is 3.35. The van der Waals surface area contributed by atoms with Gasteiger partial charge in [0.25, 0.3) is 0 Å². The van der Waals surface area contributed by atoms with E-state index in [0.29, 0.717) is 12.1 Å². The van der Waals surface area contributed by atoms with Crippen LogP contribution in [0.2, 0.25) is 0 Å². The van der Waals surface area contributed by atoms with Gasteiger partial charge in [0.1, 0.15) is 0 Å². The van der Waals surface area contributed by atoms with Crippen molar-refractivity contribution in [1.29, 1.82) is 0 Å². The second-order valence-corrected chi connectivity index (χ2v) is 4.92. The summed E-state index contributed by atoms with van der Waals surface area (Å²) in [6.45, 7) is 0.413. The summed E-state index contributed by atoms with van der Waals surface area (Å²) in [5.41, 5.74) is 0.990. The molecule has 0 aliphatic heterocycles. The van der Waals surface area contributed by atoms with Crippen molar-refractivity contribution in [3.8, 4) is 0 Å². The number of nitrogens with zero attached hydrogens (tertiary/aromatic N) is 1. The Hall–Kier alpha value is -1.92. The minimum absolute atomic E-state index is 0.182. The molecule has 0 radical (unpaired) electrons. The average Bonchev–Trinajstić information content (AvgIpc) is 2.52. The third-order valence-corrected chi connectivity index (χ3v) is 3.35. The number of aromatic nitrogens is 1. The van der Waals surface area contributed by atoms with E-state index in [1.54, 1.807) is 12.4 Å². The lowest BCUT2D eigenvalue weighted by Gasteiger charge is -2.17. The number of benzene rings is 1. The summed E-state index contributed by atoms with van der Waals surface area (Å²) in [6.07, 6.45) is -0.171. The van der Waals surface area contributed by atoms with Crippen molar-refractivity contribution in [2.24, 2.45) is 0 Å². The number of rotatable bonds is 6. The van der Waals surface area contributed by atoms with Crippen LogP contribution in [0.15, 0.2) is 48.8 Å². The molecule has 2 aromatic rings. The second kappa shape index (κ2) is 7.38.